The molecule has 0 radical (unpaired) electrons. The van der Waals surface area contributed by atoms with E-state index in [0.717, 1.165) is 19.3 Å². The molecular formula is C9H17NO. The van der Waals surface area contributed by atoms with E-state index >= 15 is 0 Å². The minimum Gasteiger partial charge on any atom is -0.307 e. The molecule has 1 aliphatic rings. The van der Waals surface area contributed by atoms with Gasteiger partial charge in [-0.15, -0.1) is 0 Å². The van der Waals surface area contributed by atoms with Crippen LogP contribution in [0, 0.1) is 0 Å². The molecule has 0 unspecified atom stereocenters. The monoisotopic (exact) mass is 155 g/mol. The van der Waals surface area contributed by atoms with Crippen LogP contribution in [-0.2, 0) is 4.79 Å². The molecule has 1 rings (SSSR count). The second-order valence-corrected chi connectivity index (χ2v) is 3.30. The van der Waals surface area contributed by atoms with Crippen LogP contribution in [0.4, 0.5) is 0 Å². The minimum atomic E-state index is 0.374. The molecule has 1 fully saturated rings. The first kappa shape index (κ1) is 8.72. The zero-order valence-corrected chi connectivity index (χ0v) is 7.23. The van der Waals surface area contributed by atoms with Crippen molar-refractivity contribution in [2.45, 2.75) is 45.1 Å². The Labute approximate surface area is 68.4 Å². The molecule has 0 spiro atoms. The highest BCUT2D eigenvalue weighted by atomic mass is 16.1. The third-order valence-electron chi connectivity index (χ3n) is 1.97. The van der Waals surface area contributed by atoms with Crippen LogP contribution < -0.4 is 5.32 Å². The second-order valence-electron chi connectivity index (χ2n) is 3.30. The molecule has 2 nitrogen and oxygen atoms in total. The topological polar surface area (TPSA) is 29.1 Å². The summed E-state index contributed by atoms with van der Waals surface area (Å²) in [5.74, 6) is 0.374. The zero-order valence-electron chi connectivity index (χ0n) is 7.23. The standard InChI is InChI=1S/C9H17NO/c1-2-3-4-9(11)7-10-8-5-6-8/h8,10H,2-7H2,1H3. The Morgan fingerprint density at radius 3 is 2.82 bits per heavy atom. The first-order valence-electron chi connectivity index (χ1n) is 4.58. The lowest BCUT2D eigenvalue weighted by Crippen LogP contribution is -2.24. The molecule has 0 aromatic heterocycles. The molecule has 1 N–H and O–H groups in total. The van der Waals surface area contributed by atoms with Gasteiger partial charge in [0.15, 0.2) is 0 Å². The molecule has 0 atom stereocenters. The van der Waals surface area contributed by atoms with Gasteiger partial charge in [-0.1, -0.05) is 13.3 Å². The number of nitrogens with one attached hydrogen (secondary N) is 1. The van der Waals surface area contributed by atoms with E-state index in [0.29, 0.717) is 18.4 Å². The fourth-order valence-electron chi connectivity index (χ4n) is 1.01. The molecule has 2 heteroatoms. The summed E-state index contributed by atoms with van der Waals surface area (Å²) in [6, 6.07) is 0.667. The van der Waals surface area contributed by atoms with Crippen molar-refractivity contribution in [2.24, 2.45) is 0 Å². The van der Waals surface area contributed by atoms with Crippen molar-refractivity contribution < 1.29 is 4.79 Å². The summed E-state index contributed by atoms with van der Waals surface area (Å²) in [5, 5.41) is 3.22. The van der Waals surface area contributed by atoms with Crippen LogP contribution in [0.25, 0.3) is 0 Å². The Balaban J connectivity index is 1.91. The quantitative estimate of drug-likeness (QED) is 0.629. The molecule has 0 saturated heterocycles. The lowest BCUT2D eigenvalue weighted by Gasteiger charge is -2.00. The Bertz CT molecular complexity index is 130. The van der Waals surface area contributed by atoms with Gasteiger partial charge in [-0.3, -0.25) is 4.79 Å². The van der Waals surface area contributed by atoms with Crippen molar-refractivity contribution >= 4 is 5.78 Å². The molecule has 0 aromatic rings. The van der Waals surface area contributed by atoms with Gasteiger partial charge >= 0.3 is 0 Å². The average Bonchev–Trinajstić information content (AvgIpc) is 2.80. The van der Waals surface area contributed by atoms with Crippen LogP contribution in [0.5, 0.6) is 0 Å². The van der Waals surface area contributed by atoms with Crippen molar-refractivity contribution in [3.63, 3.8) is 0 Å². The highest BCUT2D eigenvalue weighted by Gasteiger charge is 2.20. The van der Waals surface area contributed by atoms with Gasteiger partial charge in [-0.25, -0.2) is 0 Å². The van der Waals surface area contributed by atoms with Crippen molar-refractivity contribution in [2.75, 3.05) is 6.54 Å². The summed E-state index contributed by atoms with van der Waals surface area (Å²) in [6.45, 7) is 2.71. The lowest BCUT2D eigenvalue weighted by molar-refractivity contribution is -0.118. The fraction of sp³-hybridized carbons (Fsp3) is 0.889. The molecule has 0 aliphatic heterocycles. The summed E-state index contributed by atoms with van der Waals surface area (Å²) >= 11 is 0. The van der Waals surface area contributed by atoms with E-state index < -0.39 is 0 Å². The van der Waals surface area contributed by atoms with E-state index in [9.17, 15) is 4.79 Å². The van der Waals surface area contributed by atoms with Gasteiger partial charge in [-0.2, -0.15) is 0 Å². The molecule has 64 valence electrons. The molecular weight excluding hydrogens is 138 g/mol. The maximum Gasteiger partial charge on any atom is 0.146 e. The smallest absolute Gasteiger partial charge is 0.146 e. The largest absolute Gasteiger partial charge is 0.307 e. The van der Waals surface area contributed by atoms with Gasteiger partial charge in [-0.05, 0) is 19.3 Å². The van der Waals surface area contributed by atoms with Gasteiger partial charge in [0, 0.05) is 12.5 Å². The number of carbonyl (C=O) groups is 1. The molecule has 0 bridgehead atoms. The number of Topliss-reactive ketones (excluding diaryl/α,β-unsaturated/α-hetero) is 1. The lowest BCUT2D eigenvalue weighted by atomic mass is 10.2. The summed E-state index contributed by atoms with van der Waals surface area (Å²) in [6.07, 6.45) is 5.46. The van der Waals surface area contributed by atoms with Crippen LogP contribution in [0.2, 0.25) is 0 Å². The number of hydrogen-bond acceptors (Lipinski definition) is 2. The van der Waals surface area contributed by atoms with Crippen LogP contribution in [0.1, 0.15) is 39.0 Å². The zero-order chi connectivity index (χ0) is 8.10. The number of unbranched alkanes of at least 4 members (excludes halogenated alkanes) is 1. The molecule has 0 heterocycles. The number of hydrogen-bond donors (Lipinski definition) is 1. The van der Waals surface area contributed by atoms with E-state index in [4.69, 9.17) is 0 Å². The highest BCUT2D eigenvalue weighted by Crippen LogP contribution is 2.18. The van der Waals surface area contributed by atoms with Crippen molar-refractivity contribution in [1.82, 2.24) is 5.32 Å². The van der Waals surface area contributed by atoms with Crippen molar-refractivity contribution in [3.8, 4) is 0 Å². The van der Waals surface area contributed by atoms with E-state index in [1.54, 1.807) is 0 Å². The van der Waals surface area contributed by atoms with Gasteiger partial charge in [0.1, 0.15) is 5.78 Å². The van der Waals surface area contributed by atoms with Gasteiger partial charge in [0.25, 0.3) is 0 Å². The predicted octanol–water partition coefficient (Wildman–Crippen LogP) is 1.50. The fourth-order valence-corrected chi connectivity index (χ4v) is 1.01. The molecule has 0 aromatic carbocycles. The van der Waals surface area contributed by atoms with E-state index in [1.165, 1.54) is 12.8 Å². The van der Waals surface area contributed by atoms with E-state index in [-0.39, 0.29) is 0 Å². The maximum atomic E-state index is 11.1. The molecule has 11 heavy (non-hydrogen) atoms. The van der Waals surface area contributed by atoms with Gasteiger partial charge < -0.3 is 5.32 Å². The second kappa shape index (κ2) is 4.50. The minimum absolute atomic E-state index is 0.374. The van der Waals surface area contributed by atoms with E-state index in [1.807, 2.05) is 0 Å². The first-order valence-corrected chi connectivity index (χ1v) is 4.58. The van der Waals surface area contributed by atoms with E-state index in [2.05, 4.69) is 12.2 Å². The normalized spacial score (nSPS) is 16.8. The number of rotatable bonds is 6. The van der Waals surface area contributed by atoms with Crippen LogP contribution in [-0.4, -0.2) is 18.4 Å². The Morgan fingerprint density at radius 1 is 1.55 bits per heavy atom. The Morgan fingerprint density at radius 2 is 2.27 bits per heavy atom. The molecule has 1 saturated carbocycles. The summed E-state index contributed by atoms with van der Waals surface area (Å²) in [5.41, 5.74) is 0. The third-order valence-corrected chi connectivity index (χ3v) is 1.97. The average molecular weight is 155 g/mol. The van der Waals surface area contributed by atoms with Crippen LogP contribution in [0.15, 0.2) is 0 Å². The summed E-state index contributed by atoms with van der Waals surface area (Å²) in [4.78, 5) is 11.1. The summed E-state index contributed by atoms with van der Waals surface area (Å²) in [7, 11) is 0. The van der Waals surface area contributed by atoms with Gasteiger partial charge in [0.05, 0.1) is 6.54 Å². The van der Waals surface area contributed by atoms with Crippen molar-refractivity contribution in [3.05, 3.63) is 0 Å². The highest BCUT2D eigenvalue weighted by molar-refractivity contribution is 5.80. The Kier molecular flexibility index (Phi) is 3.57. The van der Waals surface area contributed by atoms with Crippen LogP contribution in [0.3, 0.4) is 0 Å². The molecule has 1 aliphatic carbocycles. The number of ketones is 1. The van der Waals surface area contributed by atoms with Gasteiger partial charge in [0.2, 0.25) is 0 Å². The predicted molar refractivity (Wildman–Crippen MR) is 45.6 cm³/mol. The SMILES string of the molecule is CCCCC(=O)CNC1CC1. The van der Waals surface area contributed by atoms with Crippen molar-refractivity contribution in [1.29, 1.82) is 0 Å². The third kappa shape index (κ3) is 4.14. The first-order chi connectivity index (χ1) is 5.33. The van der Waals surface area contributed by atoms with Crippen LogP contribution >= 0.6 is 0 Å². The number of carbonyl (C=O) groups excluding carboxylic acids is 1. The Hall–Kier alpha value is -0.370. The maximum absolute atomic E-state index is 11.1. The summed E-state index contributed by atoms with van der Waals surface area (Å²) < 4.78 is 0. The molecule has 0 amide bonds.